The summed E-state index contributed by atoms with van der Waals surface area (Å²) in [6.07, 6.45) is 0.384. The zero-order valence-electron chi connectivity index (χ0n) is 11.4. The first-order valence-corrected chi connectivity index (χ1v) is 6.65. The molecule has 0 saturated heterocycles. The summed E-state index contributed by atoms with van der Waals surface area (Å²) in [5.74, 6) is -1.16. The molecule has 1 amide bonds. The number of fused-ring (bicyclic) bond motifs is 1. The third kappa shape index (κ3) is 2.29. The molecule has 1 atom stereocenters. The summed E-state index contributed by atoms with van der Waals surface area (Å²) in [5.41, 5.74) is 1.52. The molecule has 1 unspecified atom stereocenters. The highest BCUT2D eigenvalue weighted by atomic mass is 16.5. The molecule has 1 aromatic heterocycles. The SMILES string of the molecule is Cc1cc(C(=O)N2CCC(C(=O)O)c3ccccc32)no1. The molecule has 3 rings (SSSR count). The molecule has 21 heavy (non-hydrogen) atoms. The highest BCUT2D eigenvalue weighted by molar-refractivity contribution is 6.06. The number of carbonyl (C=O) groups is 2. The predicted molar refractivity (Wildman–Crippen MR) is 74.4 cm³/mol. The van der Waals surface area contributed by atoms with Crippen LogP contribution >= 0.6 is 0 Å². The molecule has 6 heteroatoms. The maximum atomic E-state index is 12.5. The van der Waals surface area contributed by atoms with Crippen LogP contribution in [0.25, 0.3) is 0 Å². The number of hydrogen-bond acceptors (Lipinski definition) is 4. The second-order valence-corrected chi connectivity index (χ2v) is 5.02. The highest BCUT2D eigenvalue weighted by Crippen LogP contribution is 2.35. The molecule has 1 aliphatic rings. The largest absolute Gasteiger partial charge is 0.481 e. The van der Waals surface area contributed by atoms with Crippen LogP contribution in [0.4, 0.5) is 5.69 Å². The van der Waals surface area contributed by atoms with Crippen LogP contribution in [-0.4, -0.2) is 28.7 Å². The summed E-state index contributed by atoms with van der Waals surface area (Å²) >= 11 is 0. The quantitative estimate of drug-likeness (QED) is 0.915. The number of aliphatic carboxylic acids is 1. The number of aromatic nitrogens is 1. The number of rotatable bonds is 2. The van der Waals surface area contributed by atoms with Crippen LogP contribution in [0.1, 0.15) is 34.2 Å². The summed E-state index contributed by atoms with van der Waals surface area (Å²) < 4.78 is 4.93. The summed E-state index contributed by atoms with van der Waals surface area (Å²) in [7, 11) is 0. The van der Waals surface area contributed by atoms with Crippen molar-refractivity contribution in [2.24, 2.45) is 0 Å². The third-order valence-electron chi connectivity index (χ3n) is 3.63. The van der Waals surface area contributed by atoms with Gasteiger partial charge in [0.1, 0.15) is 5.76 Å². The second-order valence-electron chi connectivity index (χ2n) is 5.02. The molecule has 1 N–H and O–H groups in total. The van der Waals surface area contributed by atoms with Crippen LogP contribution in [0.3, 0.4) is 0 Å². The number of benzene rings is 1. The first kappa shape index (κ1) is 13.4. The van der Waals surface area contributed by atoms with Crippen LogP contribution in [0.15, 0.2) is 34.9 Å². The van der Waals surface area contributed by atoms with E-state index in [0.717, 1.165) is 0 Å². The molecule has 0 bridgehead atoms. The minimum absolute atomic E-state index is 0.232. The number of carboxylic acids is 1. The van der Waals surface area contributed by atoms with Crippen molar-refractivity contribution in [2.75, 3.05) is 11.4 Å². The Kier molecular flexibility index (Phi) is 3.21. The van der Waals surface area contributed by atoms with Crippen LogP contribution in [0, 0.1) is 6.92 Å². The van der Waals surface area contributed by atoms with Gasteiger partial charge in [-0.2, -0.15) is 0 Å². The van der Waals surface area contributed by atoms with Crippen molar-refractivity contribution in [2.45, 2.75) is 19.3 Å². The Hall–Kier alpha value is -2.63. The number of carbonyl (C=O) groups excluding carboxylic acids is 1. The lowest BCUT2D eigenvalue weighted by molar-refractivity contribution is -0.139. The van der Waals surface area contributed by atoms with Crippen molar-refractivity contribution in [1.29, 1.82) is 0 Å². The van der Waals surface area contributed by atoms with Crippen molar-refractivity contribution in [3.8, 4) is 0 Å². The number of hydrogen-bond donors (Lipinski definition) is 1. The fourth-order valence-corrected chi connectivity index (χ4v) is 2.64. The molecular formula is C15H14N2O4. The van der Waals surface area contributed by atoms with Gasteiger partial charge in [0.15, 0.2) is 5.69 Å². The van der Waals surface area contributed by atoms with E-state index >= 15 is 0 Å². The fraction of sp³-hybridized carbons (Fsp3) is 0.267. The molecule has 0 spiro atoms. The molecule has 0 fully saturated rings. The van der Waals surface area contributed by atoms with E-state index < -0.39 is 11.9 Å². The van der Waals surface area contributed by atoms with E-state index in [0.29, 0.717) is 30.0 Å². The first-order chi connectivity index (χ1) is 10.1. The Bertz CT molecular complexity index is 707. The Balaban J connectivity index is 2.00. The van der Waals surface area contributed by atoms with Crippen LogP contribution < -0.4 is 4.90 Å². The van der Waals surface area contributed by atoms with Crippen molar-refractivity contribution < 1.29 is 19.2 Å². The minimum Gasteiger partial charge on any atom is -0.481 e. The normalized spacial score (nSPS) is 17.4. The molecular weight excluding hydrogens is 272 g/mol. The molecule has 0 aliphatic carbocycles. The van der Waals surface area contributed by atoms with Crippen molar-refractivity contribution in [3.05, 3.63) is 47.3 Å². The van der Waals surface area contributed by atoms with Crippen molar-refractivity contribution in [3.63, 3.8) is 0 Å². The zero-order chi connectivity index (χ0) is 15.0. The fourth-order valence-electron chi connectivity index (χ4n) is 2.64. The van der Waals surface area contributed by atoms with Crippen LogP contribution in [0.2, 0.25) is 0 Å². The third-order valence-corrected chi connectivity index (χ3v) is 3.63. The lowest BCUT2D eigenvalue weighted by Crippen LogP contribution is -2.38. The highest BCUT2D eigenvalue weighted by Gasteiger charge is 2.33. The number of nitrogens with zero attached hydrogens (tertiary/aromatic N) is 2. The van der Waals surface area contributed by atoms with E-state index in [-0.39, 0.29) is 11.6 Å². The van der Waals surface area contributed by atoms with Gasteiger partial charge in [0.05, 0.1) is 5.92 Å². The second kappa shape index (κ2) is 5.05. The number of aryl methyl sites for hydroxylation is 1. The smallest absolute Gasteiger partial charge is 0.311 e. The molecule has 2 aromatic rings. The molecule has 0 saturated carbocycles. The maximum Gasteiger partial charge on any atom is 0.311 e. The van der Waals surface area contributed by atoms with Gasteiger partial charge in [-0.3, -0.25) is 9.59 Å². The average Bonchev–Trinajstić information content (AvgIpc) is 2.91. The van der Waals surface area contributed by atoms with Gasteiger partial charge in [-0.25, -0.2) is 0 Å². The summed E-state index contributed by atoms with van der Waals surface area (Å²) in [4.78, 5) is 25.4. The number of carboxylic acid groups (broad SMARTS) is 1. The van der Waals surface area contributed by atoms with Gasteiger partial charge in [-0.1, -0.05) is 23.4 Å². The molecule has 1 aliphatic heterocycles. The molecule has 0 radical (unpaired) electrons. The zero-order valence-corrected chi connectivity index (χ0v) is 11.4. The minimum atomic E-state index is -0.869. The van der Waals surface area contributed by atoms with Crippen molar-refractivity contribution in [1.82, 2.24) is 5.16 Å². The van der Waals surface area contributed by atoms with E-state index in [2.05, 4.69) is 5.16 Å². The van der Waals surface area contributed by atoms with Gasteiger partial charge in [0.25, 0.3) is 5.91 Å². The van der Waals surface area contributed by atoms with Gasteiger partial charge < -0.3 is 14.5 Å². The average molecular weight is 286 g/mol. The Morgan fingerprint density at radius 3 is 2.81 bits per heavy atom. The Morgan fingerprint density at radius 2 is 2.14 bits per heavy atom. The van der Waals surface area contributed by atoms with E-state index in [1.807, 2.05) is 0 Å². The predicted octanol–water partition coefficient (Wildman–Crippen LogP) is 2.20. The monoisotopic (exact) mass is 286 g/mol. The molecule has 1 aromatic carbocycles. The van der Waals surface area contributed by atoms with Gasteiger partial charge in [-0.05, 0) is 25.0 Å². The summed E-state index contributed by atoms with van der Waals surface area (Å²) in [6.45, 7) is 2.06. The van der Waals surface area contributed by atoms with Gasteiger partial charge >= 0.3 is 5.97 Å². The molecule has 6 nitrogen and oxygen atoms in total. The number of amides is 1. The Labute approximate surface area is 121 Å². The summed E-state index contributed by atoms with van der Waals surface area (Å²) in [5, 5.41) is 13.0. The number of para-hydroxylation sites is 1. The van der Waals surface area contributed by atoms with Gasteiger partial charge in [0, 0.05) is 18.3 Å². The maximum absolute atomic E-state index is 12.5. The lowest BCUT2D eigenvalue weighted by atomic mass is 9.90. The van der Waals surface area contributed by atoms with E-state index in [4.69, 9.17) is 4.52 Å². The molecule has 2 heterocycles. The lowest BCUT2D eigenvalue weighted by Gasteiger charge is -2.32. The topological polar surface area (TPSA) is 83.6 Å². The van der Waals surface area contributed by atoms with Crippen molar-refractivity contribution >= 4 is 17.6 Å². The molecule has 108 valence electrons. The van der Waals surface area contributed by atoms with Crippen LogP contribution in [-0.2, 0) is 4.79 Å². The number of anilines is 1. The van der Waals surface area contributed by atoms with Gasteiger partial charge in [-0.15, -0.1) is 0 Å². The van der Waals surface area contributed by atoms with E-state index in [9.17, 15) is 14.7 Å². The van der Waals surface area contributed by atoms with E-state index in [1.165, 1.54) is 0 Å². The first-order valence-electron chi connectivity index (χ1n) is 6.65. The van der Waals surface area contributed by atoms with E-state index in [1.54, 1.807) is 42.2 Å². The van der Waals surface area contributed by atoms with Crippen LogP contribution in [0.5, 0.6) is 0 Å². The van der Waals surface area contributed by atoms with Gasteiger partial charge in [0.2, 0.25) is 0 Å². The summed E-state index contributed by atoms with van der Waals surface area (Å²) in [6, 6.07) is 8.66. The standard InChI is InChI=1S/C15H14N2O4/c1-9-8-12(16-21-9)14(18)17-7-6-11(15(19)20)10-4-2-3-5-13(10)17/h2-5,8,11H,6-7H2,1H3,(H,19,20). The Morgan fingerprint density at radius 1 is 1.38 bits per heavy atom.